The summed E-state index contributed by atoms with van der Waals surface area (Å²) in [6, 6.07) is 0.145. The lowest BCUT2D eigenvalue weighted by atomic mass is 10.0. The lowest BCUT2D eigenvalue weighted by Crippen LogP contribution is -2.34. The molecule has 19 heavy (non-hydrogen) atoms. The molecule has 0 bridgehead atoms. The molecule has 0 aliphatic heterocycles. The summed E-state index contributed by atoms with van der Waals surface area (Å²) >= 11 is 0. The van der Waals surface area contributed by atoms with Crippen LogP contribution in [-0.4, -0.2) is 28.5 Å². The van der Waals surface area contributed by atoms with Crippen LogP contribution < -0.4 is 10.6 Å². The summed E-state index contributed by atoms with van der Waals surface area (Å²) in [7, 11) is 0. The molecule has 0 fully saturated rings. The Hall–Kier alpha value is -1.65. The third kappa shape index (κ3) is 5.24. The highest BCUT2D eigenvalue weighted by molar-refractivity contribution is 5.92. The zero-order chi connectivity index (χ0) is 14.3. The van der Waals surface area contributed by atoms with Crippen LogP contribution in [-0.2, 0) is 0 Å². The van der Waals surface area contributed by atoms with Crippen LogP contribution in [0.3, 0.4) is 0 Å². The SMILES string of the molecule is CCNc1cncc(C(=O)NC(C)CC(C)CC)n1. The Morgan fingerprint density at radius 1 is 1.32 bits per heavy atom. The van der Waals surface area contributed by atoms with Crippen molar-refractivity contribution in [2.45, 2.75) is 46.6 Å². The van der Waals surface area contributed by atoms with E-state index in [1.165, 1.54) is 6.20 Å². The van der Waals surface area contributed by atoms with Gasteiger partial charge < -0.3 is 10.6 Å². The van der Waals surface area contributed by atoms with Crippen molar-refractivity contribution >= 4 is 11.7 Å². The molecule has 0 aromatic carbocycles. The van der Waals surface area contributed by atoms with Gasteiger partial charge in [0.15, 0.2) is 0 Å². The molecule has 106 valence electrons. The number of hydrogen-bond donors (Lipinski definition) is 2. The monoisotopic (exact) mass is 264 g/mol. The van der Waals surface area contributed by atoms with E-state index in [2.05, 4.69) is 34.4 Å². The van der Waals surface area contributed by atoms with Gasteiger partial charge in [0, 0.05) is 12.6 Å². The average Bonchev–Trinajstić information content (AvgIpc) is 2.39. The van der Waals surface area contributed by atoms with Crippen LogP contribution in [0.5, 0.6) is 0 Å². The van der Waals surface area contributed by atoms with E-state index >= 15 is 0 Å². The highest BCUT2D eigenvalue weighted by atomic mass is 16.1. The third-order valence-corrected chi connectivity index (χ3v) is 3.06. The Kier molecular flexibility index (Phi) is 6.25. The normalized spacial score (nSPS) is 13.7. The molecule has 5 heteroatoms. The first kappa shape index (κ1) is 15.4. The van der Waals surface area contributed by atoms with Gasteiger partial charge in [-0.15, -0.1) is 0 Å². The highest BCUT2D eigenvalue weighted by Gasteiger charge is 2.13. The van der Waals surface area contributed by atoms with Gasteiger partial charge in [0.25, 0.3) is 5.91 Å². The number of anilines is 1. The molecular formula is C14H24N4O. The fraction of sp³-hybridized carbons (Fsp3) is 0.643. The number of carbonyl (C=O) groups excluding carboxylic acids is 1. The van der Waals surface area contributed by atoms with E-state index in [0.717, 1.165) is 19.4 Å². The summed E-state index contributed by atoms with van der Waals surface area (Å²) in [6.45, 7) is 9.09. The molecule has 0 aliphatic rings. The van der Waals surface area contributed by atoms with Crippen LogP contribution in [0, 0.1) is 5.92 Å². The summed E-state index contributed by atoms with van der Waals surface area (Å²) in [6.07, 6.45) is 5.20. The van der Waals surface area contributed by atoms with Crippen molar-refractivity contribution in [3.63, 3.8) is 0 Å². The van der Waals surface area contributed by atoms with Gasteiger partial charge in [-0.2, -0.15) is 0 Å². The van der Waals surface area contributed by atoms with Gasteiger partial charge in [0.1, 0.15) is 11.5 Å². The van der Waals surface area contributed by atoms with Crippen molar-refractivity contribution in [2.24, 2.45) is 5.92 Å². The zero-order valence-corrected chi connectivity index (χ0v) is 12.2. The molecule has 2 N–H and O–H groups in total. The van der Waals surface area contributed by atoms with Crippen molar-refractivity contribution in [1.29, 1.82) is 0 Å². The second kappa shape index (κ2) is 7.71. The first-order valence-electron chi connectivity index (χ1n) is 6.93. The molecule has 2 unspecified atom stereocenters. The van der Waals surface area contributed by atoms with Crippen molar-refractivity contribution in [3.8, 4) is 0 Å². The summed E-state index contributed by atoms with van der Waals surface area (Å²) in [5.74, 6) is 1.07. The highest BCUT2D eigenvalue weighted by Crippen LogP contribution is 2.10. The molecule has 0 aliphatic carbocycles. The van der Waals surface area contributed by atoms with Crippen LogP contribution in [0.15, 0.2) is 12.4 Å². The van der Waals surface area contributed by atoms with Gasteiger partial charge in [-0.05, 0) is 26.2 Å². The lowest BCUT2D eigenvalue weighted by Gasteiger charge is -2.17. The van der Waals surface area contributed by atoms with E-state index < -0.39 is 0 Å². The fourth-order valence-corrected chi connectivity index (χ4v) is 1.87. The van der Waals surface area contributed by atoms with Crippen LogP contribution in [0.25, 0.3) is 0 Å². The summed E-state index contributed by atoms with van der Waals surface area (Å²) < 4.78 is 0. The van der Waals surface area contributed by atoms with Crippen LogP contribution in [0.2, 0.25) is 0 Å². The summed E-state index contributed by atoms with van der Waals surface area (Å²) in [5, 5.41) is 6.01. The van der Waals surface area contributed by atoms with Gasteiger partial charge in [0.05, 0.1) is 12.4 Å². The molecule has 5 nitrogen and oxygen atoms in total. The quantitative estimate of drug-likeness (QED) is 0.794. The van der Waals surface area contributed by atoms with Gasteiger partial charge >= 0.3 is 0 Å². The third-order valence-electron chi connectivity index (χ3n) is 3.06. The fourth-order valence-electron chi connectivity index (χ4n) is 1.87. The number of rotatable bonds is 7. The van der Waals surface area contributed by atoms with E-state index in [-0.39, 0.29) is 11.9 Å². The Labute approximate surface area is 115 Å². The minimum absolute atomic E-state index is 0.145. The maximum absolute atomic E-state index is 12.0. The number of nitrogens with one attached hydrogen (secondary N) is 2. The standard InChI is InChI=1S/C14H24N4O/c1-5-10(3)7-11(4)17-14(19)12-8-15-9-13(18-12)16-6-2/h8-11H,5-7H2,1-4H3,(H,16,18)(H,17,19). The lowest BCUT2D eigenvalue weighted by molar-refractivity contribution is 0.0930. The maximum atomic E-state index is 12.0. The molecule has 0 saturated carbocycles. The molecule has 0 radical (unpaired) electrons. The molecule has 1 aromatic heterocycles. The average molecular weight is 264 g/mol. The van der Waals surface area contributed by atoms with E-state index in [1.54, 1.807) is 6.20 Å². The molecule has 1 amide bonds. The van der Waals surface area contributed by atoms with Gasteiger partial charge in [-0.3, -0.25) is 9.78 Å². The van der Waals surface area contributed by atoms with Crippen molar-refractivity contribution < 1.29 is 4.79 Å². The molecule has 1 aromatic rings. The molecule has 2 atom stereocenters. The second-order valence-corrected chi connectivity index (χ2v) is 4.94. The Morgan fingerprint density at radius 2 is 2.05 bits per heavy atom. The second-order valence-electron chi connectivity index (χ2n) is 4.94. The molecule has 0 spiro atoms. The Balaban J connectivity index is 2.59. The number of nitrogens with zero attached hydrogens (tertiary/aromatic N) is 2. The minimum Gasteiger partial charge on any atom is -0.369 e. The number of carbonyl (C=O) groups is 1. The number of hydrogen-bond acceptors (Lipinski definition) is 4. The smallest absolute Gasteiger partial charge is 0.271 e. The molecule has 1 rings (SSSR count). The van der Waals surface area contributed by atoms with E-state index in [4.69, 9.17) is 0 Å². The largest absolute Gasteiger partial charge is 0.369 e. The van der Waals surface area contributed by atoms with Gasteiger partial charge in [0.2, 0.25) is 0 Å². The molecular weight excluding hydrogens is 240 g/mol. The van der Waals surface area contributed by atoms with Crippen molar-refractivity contribution in [3.05, 3.63) is 18.1 Å². The van der Waals surface area contributed by atoms with Gasteiger partial charge in [-0.25, -0.2) is 4.98 Å². The predicted molar refractivity (Wildman–Crippen MR) is 77.2 cm³/mol. The van der Waals surface area contributed by atoms with Crippen LogP contribution in [0.1, 0.15) is 51.0 Å². The zero-order valence-electron chi connectivity index (χ0n) is 12.2. The van der Waals surface area contributed by atoms with Crippen LogP contribution >= 0.6 is 0 Å². The Morgan fingerprint density at radius 3 is 2.68 bits per heavy atom. The summed E-state index contributed by atoms with van der Waals surface area (Å²) in [4.78, 5) is 20.3. The summed E-state index contributed by atoms with van der Waals surface area (Å²) in [5.41, 5.74) is 0.356. The van der Waals surface area contributed by atoms with E-state index in [9.17, 15) is 4.79 Å². The minimum atomic E-state index is -0.164. The van der Waals surface area contributed by atoms with Crippen molar-refractivity contribution in [2.75, 3.05) is 11.9 Å². The van der Waals surface area contributed by atoms with Crippen LogP contribution in [0.4, 0.5) is 5.82 Å². The van der Waals surface area contributed by atoms with E-state index in [1.807, 2.05) is 13.8 Å². The first-order chi connectivity index (χ1) is 9.06. The van der Waals surface area contributed by atoms with E-state index in [0.29, 0.717) is 17.4 Å². The van der Waals surface area contributed by atoms with Gasteiger partial charge in [-0.1, -0.05) is 20.3 Å². The Bertz CT molecular complexity index is 408. The molecule has 1 heterocycles. The predicted octanol–water partition coefficient (Wildman–Crippen LogP) is 2.46. The van der Waals surface area contributed by atoms with Crippen molar-refractivity contribution in [1.82, 2.24) is 15.3 Å². The number of aromatic nitrogens is 2. The number of amides is 1. The topological polar surface area (TPSA) is 66.9 Å². The maximum Gasteiger partial charge on any atom is 0.271 e. The first-order valence-corrected chi connectivity index (χ1v) is 6.93. The molecule has 0 saturated heterocycles.